The summed E-state index contributed by atoms with van der Waals surface area (Å²) in [5.74, 6) is 0.235. The van der Waals surface area contributed by atoms with Crippen LogP contribution in [0, 0.1) is 6.92 Å². The Bertz CT molecular complexity index is 656. The van der Waals surface area contributed by atoms with Gasteiger partial charge in [-0.25, -0.2) is 0 Å². The molecular weight excluding hydrogens is 276 g/mol. The van der Waals surface area contributed by atoms with Crippen LogP contribution in [0.4, 0.5) is 11.4 Å². The highest BCUT2D eigenvalue weighted by molar-refractivity contribution is 6.35. The summed E-state index contributed by atoms with van der Waals surface area (Å²) in [7, 11) is 1.53. The van der Waals surface area contributed by atoms with Crippen LogP contribution in [0.25, 0.3) is 0 Å². The standard InChI is InChI=1S/C15H15ClN2O2/c1-9-4-3-5-11(14(9)16)15(19)18-12-8-10(17)6-7-13(12)20-2/h3-8H,17H2,1-2H3,(H,18,19). The van der Waals surface area contributed by atoms with E-state index in [1.165, 1.54) is 7.11 Å². The number of hydrogen-bond donors (Lipinski definition) is 2. The molecule has 0 heterocycles. The van der Waals surface area contributed by atoms with Crippen LogP contribution >= 0.6 is 11.6 Å². The number of nitrogens with one attached hydrogen (secondary N) is 1. The van der Waals surface area contributed by atoms with Gasteiger partial charge in [-0.1, -0.05) is 23.7 Å². The molecule has 0 aromatic heterocycles. The van der Waals surface area contributed by atoms with Crippen LogP contribution in [0.3, 0.4) is 0 Å². The molecule has 1 amide bonds. The van der Waals surface area contributed by atoms with Gasteiger partial charge in [0.2, 0.25) is 0 Å². The molecule has 0 spiro atoms. The molecule has 0 aliphatic carbocycles. The smallest absolute Gasteiger partial charge is 0.257 e. The second-order valence-electron chi connectivity index (χ2n) is 4.35. The van der Waals surface area contributed by atoms with Gasteiger partial charge in [0.15, 0.2) is 0 Å². The van der Waals surface area contributed by atoms with Crippen molar-refractivity contribution in [3.05, 3.63) is 52.5 Å². The fourth-order valence-electron chi connectivity index (χ4n) is 1.84. The Morgan fingerprint density at radius 3 is 2.75 bits per heavy atom. The summed E-state index contributed by atoms with van der Waals surface area (Å²) >= 11 is 6.14. The lowest BCUT2D eigenvalue weighted by Crippen LogP contribution is -2.13. The first kappa shape index (κ1) is 14.2. The van der Waals surface area contributed by atoms with Crippen LogP contribution in [0.2, 0.25) is 5.02 Å². The van der Waals surface area contributed by atoms with E-state index < -0.39 is 0 Å². The van der Waals surface area contributed by atoms with Crippen LogP contribution in [0.1, 0.15) is 15.9 Å². The first-order valence-corrected chi connectivity index (χ1v) is 6.40. The summed E-state index contributed by atoms with van der Waals surface area (Å²) in [6, 6.07) is 10.3. The van der Waals surface area contributed by atoms with E-state index in [0.29, 0.717) is 27.7 Å². The first-order valence-electron chi connectivity index (χ1n) is 6.03. The molecule has 0 radical (unpaired) electrons. The highest BCUT2D eigenvalue weighted by Gasteiger charge is 2.14. The third-order valence-electron chi connectivity index (χ3n) is 2.91. The predicted molar refractivity (Wildman–Crippen MR) is 81.5 cm³/mol. The van der Waals surface area contributed by atoms with E-state index in [-0.39, 0.29) is 5.91 Å². The number of aryl methyl sites for hydroxylation is 1. The summed E-state index contributed by atoms with van der Waals surface area (Å²) in [6.07, 6.45) is 0. The van der Waals surface area contributed by atoms with Gasteiger partial charge in [-0.3, -0.25) is 4.79 Å². The van der Waals surface area contributed by atoms with Crippen LogP contribution < -0.4 is 15.8 Å². The SMILES string of the molecule is COc1ccc(N)cc1NC(=O)c1cccc(C)c1Cl. The molecule has 3 N–H and O–H groups in total. The van der Waals surface area contributed by atoms with Crippen molar-refractivity contribution in [1.82, 2.24) is 0 Å². The number of halogens is 1. The van der Waals surface area contributed by atoms with E-state index in [1.807, 2.05) is 13.0 Å². The number of benzene rings is 2. The Hall–Kier alpha value is -2.20. The summed E-state index contributed by atoms with van der Waals surface area (Å²) < 4.78 is 5.19. The third kappa shape index (κ3) is 2.86. The number of carbonyl (C=O) groups excluding carboxylic acids is 1. The molecule has 104 valence electrons. The minimum absolute atomic E-state index is 0.303. The summed E-state index contributed by atoms with van der Waals surface area (Å²) in [5, 5.41) is 3.20. The van der Waals surface area contributed by atoms with Crippen LogP contribution in [-0.2, 0) is 0 Å². The van der Waals surface area contributed by atoms with Gasteiger partial charge in [0.05, 0.1) is 23.4 Å². The molecule has 2 rings (SSSR count). The van der Waals surface area contributed by atoms with E-state index in [4.69, 9.17) is 22.1 Å². The number of ether oxygens (including phenoxy) is 1. The number of anilines is 2. The van der Waals surface area contributed by atoms with Gasteiger partial charge in [0.1, 0.15) is 5.75 Å². The Balaban J connectivity index is 2.32. The Labute approximate surface area is 122 Å². The highest BCUT2D eigenvalue weighted by atomic mass is 35.5. The lowest BCUT2D eigenvalue weighted by atomic mass is 10.1. The first-order chi connectivity index (χ1) is 9.52. The maximum absolute atomic E-state index is 12.3. The van der Waals surface area contributed by atoms with Gasteiger partial charge >= 0.3 is 0 Å². The number of rotatable bonds is 3. The van der Waals surface area contributed by atoms with Crippen LogP contribution in [0.5, 0.6) is 5.75 Å². The van der Waals surface area contributed by atoms with Crippen molar-refractivity contribution >= 4 is 28.9 Å². The van der Waals surface area contributed by atoms with E-state index in [1.54, 1.807) is 30.3 Å². The molecule has 4 nitrogen and oxygen atoms in total. The number of nitrogens with two attached hydrogens (primary N) is 1. The zero-order valence-electron chi connectivity index (χ0n) is 11.2. The number of nitrogen functional groups attached to an aromatic ring is 1. The molecule has 0 bridgehead atoms. The minimum atomic E-state index is -0.303. The monoisotopic (exact) mass is 290 g/mol. The van der Waals surface area contributed by atoms with Crippen molar-refractivity contribution < 1.29 is 9.53 Å². The number of carbonyl (C=O) groups is 1. The molecule has 2 aromatic carbocycles. The minimum Gasteiger partial charge on any atom is -0.495 e. The van der Waals surface area contributed by atoms with Crippen molar-refractivity contribution in [2.24, 2.45) is 0 Å². The molecule has 0 fully saturated rings. The second kappa shape index (κ2) is 5.84. The average Bonchev–Trinajstić information content (AvgIpc) is 2.42. The fourth-order valence-corrected chi connectivity index (χ4v) is 2.05. The Kier molecular flexibility index (Phi) is 4.15. The second-order valence-corrected chi connectivity index (χ2v) is 4.73. The lowest BCUT2D eigenvalue weighted by molar-refractivity contribution is 0.102. The van der Waals surface area contributed by atoms with Crippen molar-refractivity contribution in [3.8, 4) is 5.75 Å². The Morgan fingerprint density at radius 2 is 2.05 bits per heavy atom. The number of amides is 1. The van der Waals surface area contributed by atoms with Crippen LogP contribution in [-0.4, -0.2) is 13.0 Å². The molecule has 0 unspecified atom stereocenters. The van der Waals surface area contributed by atoms with Gasteiger partial charge in [0.25, 0.3) is 5.91 Å². The predicted octanol–water partition coefficient (Wildman–Crippen LogP) is 3.49. The van der Waals surface area contributed by atoms with Crippen molar-refractivity contribution in [2.75, 3.05) is 18.2 Å². The van der Waals surface area contributed by atoms with Gasteiger partial charge in [-0.2, -0.15) is 0 Å². The molecule has 5 heteroatoms. The van der Waals surface area contributed by atoms with Crippen LogP contribution in [0.15, 0.2) is 36.4 Å². The molecule has 0 saturated heterocycles. The fraction of sp³-hybridized carbons (Fsp3) is 0.133. The van der Waals surface area contributed by atoms with E-state index in [2.05, 4.69) is 5.32 Å². The molecule has 0 aliphatic rings. The molecule has 20 heavy (non-hydrogen) atoms. The summed E-state index contributed by atoms with van der Waals surface area (Å²) in [4.78, 5) is 12.3. The molecular formula is C15H15ClN2O2. The normalized spacial score (nSPS) is 10.2. The van der Waals surface area contributed by atoms with Crippen molar-refractivity contribution in [1.29, 1.82) is 0 Å². The van der Waals surface area contributed by atoms with E-state index in [9.17, 15) is 4.79 Å². The molecule has 0 aliphatic heterocycles. The average molecular weight is 291 g/mol. The zero-order chi connectivity index (χ0) is 14.7. The lowest BCUT2D eigenvalue weighted by Gasteiger charge is -2.12. The van der Waals surface area contributed by atoms with E-state index in [0.717, 1.165) is 5.56 Å². The molecule has 0 atom stereocenters. The largest absolute Gasteiger partial charge is 0.495 e. The topological polar surface area (TPSA) is 64.3 Å². The Morgan fingerprint density at radius 1 is 1.30 bits per heavy atom. The number of hydrogen-bond acceptors (Lipinski definition) is 3. The van der Waals surface area contributed by atoms with Gasteiger partial charge in [0, 0.05) is 5.69 Å². The van der Waals surface area contributed by atoms with E-state index >= 15 is 0 Å². The quantitative estimate of drug-likeness (QED) is 0.851. The van der Waals surface area contributed by atoms with Gasteiger partial charge in [-0.05, 0) is 36.8 Å². The maximum Gasteiger partial charge on any atom is 0.257 e. The number of methoxy groups -OCH3 is 1. The summed E-state index contributed by atoms with van der Waals surface area (Å²) in [5.41, 5.74) is 8.02. The third-order valence-corrected chi connectivity index (χ3v) is 3.41. The molecule has 2 aromatic rings. The van der Waals surface area contributed by atoms with Gasteiger partial charge < -0.3 is 15.8 Å². The molecule has 0 saturated carbocycles. The van der Waals surface area contributed by atoms with Crippen molar-refractivity contribution in [3.63, 3.8) is 0 Å². The van der Waals surface area contributed by atoms with Crippen molar-refractivity contribution in [2.45, 2.75) is 6.92 Å². The maximum atomic E-state index is 12.3. The zero-order valence-corrected chi connectivity index (χ0v) is 12.0. The highest BCUT2D eigenvalue weighted by Crippen LogP contribution is 2.28. The van der Waals surface area contributed by atoms with Gasteiger partial charge in [-0.15, -0.1) is 0 Å². The summed E-state index contributed by atoms with van der Waals surface area (Å²) in [6.45, 7) is 1.85.